The number of likely N-dealkylation sites (tertiary alicyclic amines) is 1. The Morgan fingerprint density at radius 2 is 1.83 bits per heavy atom. The molecule has 1 aromatic carbocycles. The van der Waals surface area contributed by atoms with Gasteiger partial charge in [0.2, 0.25) is 11.9 Å². The normalized spacial score (nSPS) is 28.7. The summed E-state index contributed by atoms with van der Waals surface area (Å²) in [6.07, 6.45) is 12.6. The predicted molar refractivity (Wildman–Crippen MR) is 179 cm³/mol. The standard InChI is InChI=1S/C36H49N7O3/c1-5-29-34(45)41(4)30-17-37-35(40-32(30)43(29)25-8-6-7-9-25)39-28-13-12-26(27-16-36(2,3)46-31(27)28)33(44)38-24-14-22-19-42(18-21-10-11-21)20-23(22)15-24/h12-13,17,21-25,29H,5-11,14-16,18-20H2,1-4H3,(H,38,44)(H,37,39,40). The van der Waals surface area contributed by atoms with Crippen molar-refractivity contribution in [2.45, 2.75) is 109 Å². The quantitative estimate of drug-likeness (QED) is 0.407. The number of benzene rings is 1. The summed E-state index contributed by atoms with van der Waals surface area (Å²) < 4.78 is 6.48. The minimum absolute atomic E-state index is 0.000502. The SMILES string of the molecule is CCC1C(=O)N(C)c2cnc(Nc3ccc(C(=O)NC4CC5CN(CC6CC6)CC5C4)c4c3OC(C)(C)C4)nc2N1C1CCCC1. The first-order chi connectivity index (χ1) is 22.2. The van der Waals surface area contributed by atoms with Crippen molar-refractivity contribution in [3.8, 4) is 5.75 Å². The lowest BCUT2D eigenvalue weighted by Gasteiger charge is -2.43. The summed E-state index contributed by atoms with van der Waals surface area (Å²) >= 11 is 0. The molecule has 46 heavy (non-hydrogen) atoms. The van der Waals surface area contributed by atoms with Crippen LogP contribution in [0.4, 0.5) is 23.1 Å². The van der Waals surface area contributed by atoms with Crippen molar-refractivity contribution in [3.63, 3.8) is 0 Å². The third kappa shape index (κ3) is 5.40. The molecule has 1 aromatic heterocycles. The number of hydrogen-bond donors (Lipinski definition) is 2. The Labute approximate surface area is 272 Å². The Morgan fingerprint density at radius 1 is 1.09 bits per heavy atom. The second-order valence-corrected chi connectivity index (χ2v) is 15.5. The highest BCUT2D eigenvalue weighted by molar-refractivity contribution is 6.04. The van der Waals surface area contributed by atoms with Crippen molar-refractivity contribution in [1.29, 1.82) is 0 Å². The summed E-state index contributed by atoms with van der Waals surface area (Å²) in [6.45, 7) is 9.87. The Balaban J connectivity index is 1.02. The number of ether oxygens (including phenoxy) is 1. The van der Waals surface area contributed by atoms with Gasteiger partial charge in [0.15, 0.2) is 5.82 Å². The number of fused-ring (bicyclic) bond motifs is 3. The van der Waals surface area contributed by atoms with Crippen LogP contribution in [0.25, 0.3) is 0 Å². The Hall–Kier alpha value is -3.40. The number of anilines is 4. The van der Waals surface area contributed by atoms with Gasteiger partial charge in [-0.05, 0) is 88.7 Å². The van der Waals surface area contributed by atoms with Gasteiger partial charge < -0.3 is 30.1 Å². The number of nitrogens with zero attached hydrogens (tertiary/aromatic N) is 5. The zero-order valence-corrected chi connectivity index (χ0v) is 27.8. The number of rotatable bonds is 8. The third-order valence-electron chi connectivity index (χ3n) is 11.5. The Kier molecular flexibility index (Phi) is 7.42. The van der Waals surface area contributed by atoms with Gasteiger partial charge in [-0.15, -0.1) is 0 Å². The van der Waals surface area contributed by atoms with Gasteiger partial charge >= 0.3 is 0 Å². The van der Waals surface area contributed by atoms with Crippen LogP contribution in [-0.4, -0.2) is 77.1 Å². The molecule has 0 radical (unpaired) electrons. The summed E-state index contributed by atoms with van der Waals surface area (Å²) in [5.41, 5.74) is 2.70. The highest BCUT2D eigenvalue weighted by atomic mass is 16.5. The monoisotopic (exact) mass is 627 g/mol. The van der Waals surface area contributed by atoms with Crippen molar-refractivity contribution < 1.29 is 14.3 Å². The molecular weight excluding hydrogens is 578 g/mol. The molecule has 246 valence electrons. The van der Waals surface area contributed by atoms with Gasteiger partial charge in [0.05, 0.1) is 11.9 Å². The lowest BCUT2D eigenvalue weighted by molar-refractivity contribution is -0.120. The fraction of sp³-hybridized carbons (Fsp3) is 0.667. The summed E-state index contributed by atoms with van der Waals surface area (Å²) in [5.74, 6) is 4.41. The fourth-order valence-electron chi connectivity index (χ4n) is 9.13. The zero-order valence-electron chi connectivity index (χ0n) is 27.8. The average molecular weight is 628 g/mol. The molecule has 2 aromatic rings. The molecule has 3 unspecified atom stereocenters. The van der Waals surface area contributed by atoms with E-state index < -0.39 is 5.60 Å². The van der Waals surface area contributed by atoms with E-state index >= 15 is 0 Å². The van der Waals surface area contributed by atoms with E-state index in [4.69, 9.17) is 9.72 Å². The number of carbonyl (C=O) groups is 2. The molecule has 4 fully saturated rings. The first kappa shape index (κ1) is 30.0. The van der Waals surface area contributed by atoms with Crippen LogP contribution in [0.3, 0.4) is 0 Å². The average Bonchev–Trinajstić information content (AvgIpc) is 3.32. The Bertz CT molecular complexity index is 1520. The van der Waals surface area contributed by atoms with Crippen LogP contribution >= 0.6 is 0 Å². The zero-order chi connectivity index (χ0) is 31.7. The minimum Gasteiger partial charge on any atom is -0.485 e. The number of aromatic nitrogens is 2. The van der Waals surface area contributed by atoms with E-state index in [1.807, 2.05) is 19.2 Å². The smallest absolute Gasteiger partial charge is 0.251 e. The van der Waals surface area contributed by atoms with E-state index in [2.05, 4.69) is 46.2 Å². The van der Waals surface area contributed by atoms with Crippen molar-refractivity contribution in [3.05, 3.63) is 29.5 Å². The first-order valence-corrected chi connectivity index (χ1v) is 17.8. The summed E-state index contributed by atoms with van der Waals surface area (Å²) in [7, 11) is 1.82. The van der Waals surface area contributed by atoms with Crippen LogP contribution in [0.5, 0.6) is 5.75 Å². The largest absolute Gasteiger partial charge is 0.485 e. The van der Waals surface area contributed by atoms with Crippen molar-refractivity contribution in [2.75, 3.05) is 41.8 Å². The van der Waals surface area contributed by atoms with Crippen LogP contribution in [-0.2, 0) is 11.2 Å². The molecular formula is C36H49N7O3. The lowest BCUT2D eigenvalue weighted by Crippen LogP contribution is -2.55. The third-order valence-corrected chi connectivity index (χ3v) is 11.5. The van der Waals surface area contributed by atoms with Crippen LogP contribution in [0.2, 0.25) is 0 Å². The van der Waals surface area contributed by atoms with E-state index in [9.17, 15) is 9.59 Å². The molecule has 0 bridgehead atoms. The number of hydrogen-bond acceptors (Lipinski definition) is 8. The van der Waals surface area contributed by atoms with Gasteiger partial charge in [0.25, 0.3) is 5.91 Å². The lowest BCUT2D eigenvalue weighted by atomic mass is 9.96. The number of nitrogens with one attached hydrogen (secondary N) is 2. The second-order valence-electron chi connectivity index (χ2n) is 15.5. The number of likely N-dealkylation sites (N-methyl/N-ethyl adjacent to an activating group) is 1. The first-order valence-electron chi connectivity index (χ1n) is 17.8. The van der Waals surface area contributed by atoms with Gasteiger partial charge in [-0.25, -0.2) is 4.98 Å². The van der Waals surface area contributed by atoms with Gasteiger partial charge in [-0.1, -0.05) is 19.8 Å². The molecule has 3 saturated carbocycles. The van der Waals surface area contributed by atoms with Crippen molar-refractivity contribution in [1.82, 2.24) is 20.2 Å². The fourth-order valence-corrected chi connectivity index (χ4v) is 9.13. The minimum atomic E-state index is -0.433. The molecule has 3 aliphatic carbocycles. The molecule has 3 aliphatic heterocycles. The van der Waals surface area contributed by atoms with Crippen LogP contribution < -0.4 is 25.2 Å². The number of carbonyl (C=O) groups excluding carboxylic acids is 2. The Morgan fingerprint density at radius 3 is 2.52 bits per heavy atom. The maximum absolute atomic E-state index is 13.8. The molecule has 10 nitrogen and oxygen atoms in total. The number of amides is 2. The van der Waals surface area contributed by atoms with Gasteiger partial charge in [-0.3, -0.25) is 9.59 Å². The topological polar surface area (TPSA) is 103 Å². The molecule has 1 saturated heterocycles. The molecule has 10 heteroatoms. The van der Waals surface area contributed by atoms with E-state index in [1.54, 1.807) is 11.1 Å². The summed E-state index contributed by atoms with van der Waals surface area (Å²) in [6, 6.07) is 4.16. The molecule has 3 atom stereocenters. The predicted octanol–water partition coefficient (Wildman–Crippen LogP) is 5.29. The molecule has 2 N–H and O–H groups in total. The van der Waals surface area contributed by atoms with E-state index in [-0.39, 0.29) is 23.9 Å². The molecule has 6 aliphatic rings. The van der Waals surface area contributed by atoms with Gasteiger partial charge in [0.1, 0.15) is 23.1 Å². The molecule has 4 heterocycles. The van der Waals surface area contributed by atoms with Crippen molar-refractivity contribution in [2.24, 2.45) is 17.8 Å². The maximum Gasteiger partial charge on any atom is 0.251 e. The van der Waals surface area contributed by atoms with E-state index in [1.165, 1.54) is 45.3 Å². The summed E-state index contributed by atoms with van der Waals surface area (Å²) in [5, 5.41) is 6.84. The van der Waals surface area contributed by atoms with Crippen LogP contribution in [0, 0.1) is 17.8 Å². The van der Waals surface area contributed by atoms with Crippen LogP contribution in [0.1, 0.15) is 94.5 Å². The molecule has 0 spiro atoms. The maximum atomic E-state index is 13.8. The molecule has 8 rings (SSSR count). The van der Waals surface area contributed by atoms with E-state index in [0.717, 1.165) is 60.8 Å². The van der Waals surface area contributed by atoms with Crippen LogP contribution in [0.15, 0.2) is 18.3 Å². The van der Waals surface area contributed by atoms with Crippen molar-refractivity contribution >= 4 is 35.0 Å². The highest BCUT2D eigenvalue weighted by Gasteiger charge is 2.44. The molecule has 2 amide bonds. The van der Waals surface area contributed by atoms with Gasteiger partial charge in [-0.2, -0.15) is 4.98 Å². The van der Waals surface area contributed by atoms with E-state index in [0.29, 0.717) is 41.6 Å². The highest BCUT2D eigenvalue weighted by Crippen LogP contribution is 2.45. The van der Waals surface area contributed by atoms with Gasteiger partial charge in [0, 0.05) is 56.3 Å². The second kappa shape index (κ2) is 11.4. The summed E-state index contributed by atoms with van der Waals surface area (Å²) in [4.78, 5) is 43.4.